The first-order valence-electron chi connectivity index (χ1n) is 5.63. The number of benzene rings is 1. The number of aliphatic hydroxyl groups is 1. The first-order valence-corrected chi connectivity index (χ1v) is 5.63. The molecule has 0 atom stereocenters. The zero-order valence-electron chi connectivity index (χ0n) is 9.87. The molecule has 0 radical (unpaired) electrons. The van der Waals surface area contributed by atoms with Gasteiger partial charge in [-0.3, -0.25) is 0 Å². The lowest BCUT2D eigenvalue weighted by Gasteiger charge is -2.25. The van der Waals surface area contributed by atoms with Crippen LogP contribution in [0.2, 0.25) is 0 Å². The molecular formula is C12H18F2N2O. The van der Waals surface area contributed by atoms with E-state index in [9.17, 15) is 8.78 Å². The third-order valence-corrected chi connectivity index (χ3v) is 2.51. The zero-order chi connectivity index (χ0) is 12.8. The van der Waals surface area contributed by atoms with Gasteiger partial charge in [-0.15, -0.1) is 0 Å². The van der Waals surface area contributed by atoms with Crippen molar-refractivity contribution in [2.24, 2.45) is 0 Å². The Bertz CT molecular complexity index is 352. The molecular weight excluding hydrogens is 226 g/mol. The summed E-state index contributed by atoms with van der Waals surface area (Å²) in [7, 11) is 0. The molecule has 0 saturated carbocycles. The summed E-state index contributed by atoms with van der Waals surface area (Å²) in [5.41, 5.74) is 6.71. The minimum Gasteiger partial charge on any atom is -0.397 e. The van der Waals surface area contributed by atoms with Crippen molar-refractivity contribution in [3.8, 4) is 0 Å². The summed E-state index contributed by atoms with van der Waals surface area (Å²) in [6.07, 6.45) is -1.61. The average Bonchev–Trinajstić information content (AvgIpc) is 2.28. The number of nitrogen functional groups attached to an aromatic ring is 1. The second-order valence-corrected chi connectivity index (χ2v) is 3.83. The van der Waals surface area contributed by atoms with E-state index in [0.717, 1.165) is 13.0 Å². The molecule has 96 valence electrons. The summed E-state index contributed by atoms with van der Waals surface area (Å²) in [4.78, 5) is 1.89. The van der Waals surface area contributed by atoms with E-state index in [1.165, 1.54) is 12.1 Å². The fourth-order valence-electron chi connectivity index (χ4n) is 1.74. The molecule has 0 fully saturated rings. The van der Waals surface area contributed by atoms with Gasteiger partial charge in [-0.2, -0.15) is 0 Å². The Morgan fingerprint density at radius 2 is 2.06 bits per heavy atom. The summed E-state index contributed by atoms with van der Waals surface area (Å²) in [5, 5.41) is 8.96. The van der Waals surface area contributed by atoms with E-state index in [1.54, 1.807) is 6.07 Å². The predicted octanol–water partition coefficient (Wildman–Crippen LogP) is 2.42. The first-order chi connectivity index (χ1) is 8.10. The molecule has 3 nitrogen and oxygen atoms in total. The van der Waals surface area contributed by atoms with Gasteiger partial charge in [-0.05, 0) is 18.6 Å². The highest BCUT2D eigenvalue weighted by atomic mass is 19.3. The molecule has 0 aromatic heterocycles. The largest absolute Gasteiger partial charge is 0.397 e. The third-order valence-electron chi connectivity index (χ3n) is 2.51. The Labute approximate surface area is 99.8 Å². The first kappa shape index (κ1) is 13.7. The molecule has 0 spiro atoms. The number of anilines is 2. The van der Waals surface area contributed by atoms with Gasteiger partial charge in [0, 0.05) is 18.7 Å². The smallest absolute Gasteiger partial charge is 0.263 e. The molecule has 17 heavy (non-hydrogen) atoms. The van der Waals surface area contributed by atoms with E-state index in [2.05, 4.69) is 0 Å². The molecule has 0 aliphatic heterocycles. The molecule has 0 unspecified atom stereocenters. The quantitative estimate of drug-likeness (QED) is 0.755. The van der Waals surface area contributed by atoms with E-state index in [0.29, 0.717) is 17.9 Å². The van der Waals surface area contributed by atoms with Crippen molar-refractivity contribution in [1.82, 2.24) is 0 Å². The van der Waals surface area contributed by atoms with Crippen molar-refractivity contribution in [2.45, 2.75) is 19.8 Å². The van der Waals surface area contributed by atoms with Crippen LogP contribution in [0.15, 0.2) is 18.2 Å². The average molecular weight is 244 g/mol. The van der Waals surface area contributed by atoms with Crippen LogP contribution in [0.25, 0.3) is 0 Å². The number of alkyl halides is 2. The number of nitrogens with zero attached hydrogens (tertiary/aromatic N) is 1. The van der Waals surface area contributed by atoms with Crippen molar-refractivity contribution < 1.29 is 13.9 Å². The minimum absolute atomic E-state index is 0.00996. The molecule has 3 N–H and O–H groups in total. The van der Waals surface area contributed by atoms with Crippen LogP contribution >= 0.6 is 0 Å². The Balaban J connectivity index is 2.95. The van der Waals surface area contributed by atoms with Gasteiger partial charge in [0.15, 0.2) is 0 Å². The topological polar surface area (TPSA) is 49.5 Å². The van der Waals surface area contributed by atoms with Crippen molar-refractivity contribution >= 4 is 11.4 Å². The summed E-state index contributed by atoms with van der Waals surface area (Å²) in [6.45, 7) is 3.20. The van der Waals surface area contributed by atoms with Crippen LogP contribution in [0.3, 0.4) is 0 Å². The Morgan fingerprint density at radius 1 is 1.35 bits per heavy atom. The molecule has 0 aliphatic carbocycles. The standard InChI is InChI=1S/C12H18F2N2O/c1-2-5-16(6-7-17)11-4-3-9(12(13)14)8-10(11)15/h3-4,8,12,17H,2,5-7,15H2,1H3. The van der Waals surface area contributed by atoms with Crippen LogP contribution in [-0.4, -0.2) is 24.8 Å². The van der Waals surface area contributed by atoms with Gasteiger partial charge in [0.1, 0.15) is 0 Å². The summed E-state index contributed by atoms with van der Waals surface area (Å²) < 4.78 is 24.9. The van der Waals surface area contributed by atoms with Crippen LogP contribution in [0.1, 0.15) is 25.3 Å². The maximum Gasteiger partial charge on any atom is 0.263 e. The van der Waals surface area contributed by atoms with Gasteiger partial charge in [0.2, 0.25) is 0 Å². The molecule has 0 saturated heterocycles. The van der Waals surface area contributed by atoms with Crippen molar-refractivity contribution in [1.29, 1.82) is 0 Å². The summed E-state index contributed by atoms with van der Waals surface area (Å²) >= 11 is 0. The molecule has 0 heterocycles. The Hall–Kier alpha value is -1.36. The van der Waals surface area contributed by atoms with Crippen LogP contribution in [0.4, 0.5) is 20.2 Å². The van der Waals surface area contributed by atoms with Crippen LogP contribution < -0.4 is 10.6 Å². The van der Waals surface area contributed by atoms with Crippen LogP contribution in [0.5, 0.6) is 0 Å². The predicted molar refractivity (Wildman–Crippen MR) is 65.4 cm³/mol. The molecule has 0 bridgehead atoms. The SMILES string of the molecule is CCCN(CCO)c1ccc(C(F)F)cc1N. The van der Waals surface area contributed by atoms with Gasteiger partial charge in [0.05, 0.1) is 18.0 Å². The molecule has 5 heteroatoms. The Morgan fingerprint density at radius 3 is 2.53 bits per heavy atom. The highest BCUT2D eigenvalue weighted by Crippen LogP contribution is 2.28. The lowest BCUT2D eigenvalue weighted by molar-refractivity contribution is 0.151. The van der Waals surface area contributed by atoms with E-state index in [4.69, 9.17) is 10.8 Å². The van der Waals surface area contributed by atoms with E-state index in [1.807, 2.05) is 11.8 Å². The zero-order valence-corrected chi connectivity index (χ0v) is 9.87. The van der Waals surface area contributed by atoms with Gasteiger partial charge in [-0.25, -0.2) is 8.78 Å². The molecule has 1 aromatic carbocycles. The fraction of sp³-hybridized carbons (Fsp3) is 0.500. The minimum atomic E-state index is -2.51. The number of nitrogens with two attached hydrogens (primary N) is 1. The molecule has 1 rings (SSSR count). The van der Waals surface area contributed by atoms with Crippen molar-refractivity contribution in [3.05, 3.63) is 23.8 Å². The molecule has 1 aromatic rings. The summed E-state index contributed by atoms with van der Waals surface area (Å²) in [5.74, 6) is 0. The third kappa shape index (κ3) is 3.56. The van der Waals surface area contributed by atoms with Gasteiger partial charge in [0.25, 0.3) is 6.43 Å². The lowest BCUT2D eigenvalue weighted by Crippen LogP contribution is -2.28. The van der Waals surface area contributed by atoms with E-state index < -0.39 is 6.43 Å². The van der Waals surface area contributed by atoms with E-state index >= 15 is 0 Å². The highest BCUT2D eigenvalue weighted by Gasteiger charge is 2.12. The second-order valence-electron chi connectivity index (χ2n) is 3.83. The fourth-order valence-corrected chi connectivity index (χ4v) is 1.74. The number of hydrogen-bond acceptors (Lipinski definition) is 3. The van der Waals surface area contributed by atoms with Gasteiger partial charge < -0.3 is 15.7 Å². The number of aliphatic hydroxyl groups excluding tert-OH is 1. The van der Waals surface area contributed by atoms with Crippen molar-refractivity contribution in [2.75, 3.05) is 30.3 Å². The molecule has 0 amide bonds. The van der Waals surface area contributed by atoms with E-state index in [-0.39, 0.29) is 12.2 Å². The normalized spacial score (nSPS) is 10.9. The van der Waals surface area contributed by atoms with Gasteiger partial charge >= 0.3 is 0 Å². The maximum atomic E-state index is 12.5. The second kappa shape index (κ2) is 6.39. The number of rotatable bonds is 6. The molecule has 0 aliphatic rings. The highest BCUT2D eigenvalue weighted by molar-refractivity contribution is 5.68. The number of halogens is 2. The monoisotopic (exact) mass is 244 g/mol. The Kier molecular flexibility index (Phi) is 5.15. The van der Waals surface area contributed by atoms with Crippen LogP contribution in [0, 0.1) is 0 Å². The van der Waals surface area contributed by atoms with Gasteiger partial charge in [-0.1, -0.05) is 13.0 Å². The van der Waals surface area contributed by atoms with Crippen molar-refractivity contribution in [3.63, 3.8) is 0 Å². The summed E-state index contributed by atoms with van der Waals surface area (Å²) in [6, 6.07) is 4.25. The maximum absolute atomic E-state index is 12.5. The number of hydrogen-bond donors (Lipinski definition) is 2. The van der Waals surface area contributed by atoms with Crippen LogP contribution in [-0.2, 0) is 0 Å². The lowest BCUT2D eigenvalue weighted by atomic mass is 10.1.